The van der Waals surface area contributed by atoms with Crippen molar-refractivity contribution in [1.82, 2.24) is 15.2 Å². The number of pyridine rings is 1. The van der Waals surface area contributed by atoms with Gasteiger partial charge in [0.2, 0.25) is 5.88 Å². The molecule has 1 aromatic heterocycles. The van der Waals surface area contributed by atoms with Crippen molar-refractivity contribution in [3.05, 3.63) is 24.4 Å². The fourth-order valence-electron chi connectivity index (χ4n) is 2.15. The van der Waals surface area contributed by atoms with Crippen molar-refractivity contribution in [3.8, 4) is 18.2 Å². The summed E-state index contributed by atoms with van der Waals surface area (Å²) in [7, 11) is 0. The summed E-state index contributed by atoms with van der Waals surface area (Å²) < 4.78 is 5.86. The summed E-state index contributed by atoms with van der Waals surface area (Å²) in [5.74, 6) is 4.07. The summed E-state index contributed by atoms with van der Waals surface area (Å²) in [5.41, 5.74) is 0. The number of nitrogens with one attached hydrogen (secondary N) is 1. The van der Waals surface area contributed by atoms with Crippen molar-refractivity contribution in [2.75, 3.05) is 26.2 Å². The second kappa shape index (κ2) is 7.39. The van der Waals surface area contributed by atoms with Gasteiger partial charge in [0.15, 0.2) is 5.96 Å². The number of hydrogen-bond acceptors (Lipinski definition) is 3. The van der Waals surface area contributed by atoms with E-state index in [1.165, 1.54) is 0 Å². The van der Waals surface area contributed by atoms with Gasteiger partial charge in [0.25, 0.3) is 0 Å². The van der Waals surface area contributed by atoms with Crippen molar-refractivity contribution in [2.24, 2.45) is 4.99 Å². The van der Waals surface area contributed by atoms with Crippen LogP contribution in [-0.4, -0.2) is 48.1 Å². The van der Waals surface area contributed by atoms with Gasteiger partial charge in [-0.2, -0.15) is 0 Å². The van der Waals surface area contributed by atoms with Crippen LogP contribution in [-0.2, 0) is 0 Å². The molecule has 20 heavy (non-hydrogen) atoms. The Morgan fingerprint density at radius 3 is 3.25 bits per heavy atom. The Morgan fingerprint density at radius 1 is 1.65 bits per heavy atom. The van der Waals surface area contributed by atoms with Crippen LogP contribution in [0.25, 0.3) is 0 Å². The molecule has 1 fully saturated rings. The average Bonchev–Trinajstić information content (AvgIpc) is 2.93. The minimum atomic E-state index is 0.139. The first-order valence-electron chi connectivity index (χ1n) is 6.88. The molecule has 0 aromatic carbocycles. The summed E-state index contributed by atoms with van der Waals surface area (Å²) in [6.45, 7) is 4.97. The maximum atomic E-state index is 5.86. The molecular weight excluding hydrogens is 252 g/mol. The second-order valence-corrected chi connectivity index (χ2v) is 4.52. The lowest BCUT2D eigenvalue weighted by Gasteiger charge is -2.21. The monoisotopic (exact) mass is 272 g/mol. The molecular formula is C15H20N4O. The molecule has 5 nitrogen and oxygen atoms in total. The number of guanidine groups is 1. The quantitative estimate of drug-likeness (QED) is 0.507. The van der Waals surface area contributed by atoms with Gasteiger partial charge >= 0.3 is 0 Å². The zero-order valence-corrected chi connectivity index (χ0v) is 11.7. The van der Waals surface area contributed by atoms with Crippen LogP contribution in [0.15, 0.2) is 29.4 Å². The van der Waals surface area contributed by atoms with E-state index in [-0.39, 0.29) is 6.10 Å². The van der Waals surface area contributed by atoms with Gasteiger partial charge < -0.3 is 15.0 Å². The standard InChI is InChI=1S/C15H20N4O/c1-3-9-18-15(16-4-2)19-11-8-13(12-19)20-14-7-5-6-10-17-14/h1,5-7,10,13H,4,8-9,11-12H2,2H3,(H,16,18). The lowest BCUT2D eigenvalue weighted by Crippen LogP contribution is -2.41. The second-order valence-electron chi connectivity index (χ2n) is 4.52. The lowest BCUT2D eigenvalue weighted by molar-refractivity contribution is 0.205. The number of hydrogen-bond donors (Lipinski definition) is 1. The van der Waals surface area contributed by atoms with E-state index < -0.39 is 0 Å². The molecule has 2 rings (SSSR count). The lowest BCUT2D eigenvalue weighted by atomic mass is 10.3. The molecule has 1 atom stereocenters. The van der Waals surface area contributed by atoms with E-state index in [0.29, 0.717) is 12.4 Å². The number of likely N-dealkylation sites (tertiary alicyclic amines) is 1. The van der Waals surface area contributed by atoms with Crippen molar-refractivity contribution in [3.63, 3.8) is 0 Å². The normalized spacial score (nSPS) is 18.7. The van der Waals surface area contributed by atoms with E-state index in [1.54, 1.807) is 6.20 Å². The van der Waals surface area contributed by atoms with Crippen LogP contribution in [0.1, 0.15) is 13.3 Å². The molecule has 0 amide bonds. The SMILES string of the molecule is C#CCN=C(NCC)N1CCC(Oc2ccccn2)C1. The summed E-state index contributed by atoms with van der Waals surface area (Å²) in [6.07, 6.45) is 8.10. The molecule has 1 N–H and O–H groups in total. The molecule has 106 valence electrons. The van der Waals surface area contributed by atoms with Gasteiger partial charge in [-0.25, -0.2) is 9.98 Å². The van der Waals surface area contributed by atoms with Gasteiger partial charge in [0, 0.05) is 31.8 Å². The molecule has 1 aliphatic heterocycles. The Labute approximate surface area is 120 Å². The molecule has 2 heterocycles. The van der Waals surface area contributed by atoms with Gasteiger partial charge in [-0.05, 0) is 13.0 Å². The highest BCUT2D eigenvalue weighted by molar-refractivity contribution is 5.80. The number of rotatable bonds is 4. The first kappa shape index (κ1) is 14.2. The summed E-state index contributed by atoms with van der Waals surface area (Å²) in [6, 6.07) is 5.68. The highest BCUT2D eigenvalue weighted by Crippen LogP contribution is 2.16. The largest absolute Gasteiger partial charge is 0.472 e. The number of aromatic nitrogens is 1. The van der Waals surface area contributed by atoms with Gasteiger partial charge in [-0.1, -0.05) is 12.0 Å². The van der Waals surface area contributed by atoms with E-state index in [1.807, 2.05) is 25.1 Å². The molecule has 1 aliphatic rings. The van der Waals surface area contributed by atoms with E-state index in [0.717, 1.165) is 32.0 Å². The number of ether oxygens (including phenoxy) is 1. The average molecular weight is 272 g/mol. The van der Waals surface area contributed by atoms with Crippen LogP contribution in [0.5, 0.6) is 5.88 Å². The van der Waals surface area contributed by atoms with E-state index in [2.05, 4.69) is 26.1 Å². The van der Waals surface area contributed by atoms with Crippen molar-refractivity contribution in [2.45, 2.75) is 19.4 Å². The minimum absolute atomic E-state index is 0.139. The topological polar surface area (TPSA) is 49.8 Å². The van der Waals surface area contributed by atoms with Crippen LogP contribution < -0.4 is 10.1 Å². The van der Waals surface area contributed by atoms with Gasteiger partial charge in [0.1, 0.15) is 12.6 Å². The molecule has 0 saturated carbocycles. The summed E-state index contributed by atoms with van der Waals surface area (Å²) in [4.78, 5) is 10.7. The van der Waals surface area contributed by atoms with E-state index in [9.17, 15) is 0 Å². The van der Waals surface area contributed by atoms with Crippen LogP contribution >= 0.6 is 0 Å². The Bertz CT molecular complexity index is 480. The molecule has 0 bridgehead atoms. The third-order valence-electron chi connectivity index (χ3n) is 3.02. The molecule has 1 aromatic rings. The third kappa shape index (κ3) is 3.89. The van der Waals surface area contributed by atoms with E-state index >= 15 is 0 Å². The van der Waals surface area contributed by atoms with Crippen LogP contribution in [0, 0.1) is 12.3 Å². The fourth-order valence-corrected chi connectivity index (χ4v) is 2.15. The first-order valence-corrected chi connectivity index (χ1v) is 6.88. The van der Waals surface area contributed by atoms with Crippen LogP contribution in [0.2, 0.25) is 0 Å². The number of aliphatic imine (C=N–C) groups is 1. The highest BCUT2D eigenvalue weighted by Gasteiger charge is 2.26. The van der Waals surface area contributed by atoms with Gasteiger partial charge in [0.05, 0.1) is 6.54 Å². The van der Waals surface area contributed by atoms with Crippen molar-refractivity contribution >= 4 is 5.96 Å². The molecule has 5 heteroatoms. The molecule has 0 radical (unpaired) electrons. The van der Waals surface area contributed by atoms with Crippen molar-refractivity contribution in [1.29, 1.82) is 0 Å². The Morgan fingerprint density at radius 2 is 2.55 bits per heavy atom. The first-order chi connectivity index (χ1) is 9.83. The Kier molecular flexibility index (Phi) is 5.24. The van der Waals surface area contributed by atoms with E-state index in [4.69, 9.17) is 11.2 Å². The minimum Gasteiger partial charge on any atom is -0.472 e. The highest BCUT2D eigenvalue weighted by atomic mass is 16.5. The van der Waals surface area contributed by atoms with Crippen molar-refractivity contribution < 1.29 is 4.74 Å². The summed E-state index contributed by atoms with van der Waals surface area (Å²) >= 11 is 0. The summed E-state index contributed by atoms with van der Waals surface area (Å²) in [5, 5.41) is 3.25. The Hall–Kier alpha value is -2.22. The molecule has 0 aliphatic carbocycles. The third-order valence-corrected chi connectivity index (χ3v) is 3.02. The maximum Gasteiger partial charge on any atom is 0.213 e. The maximum absolute atomic E-state index is 5.86. The molecule has 1 saturated heterocycles. The van der Waals surface area contributed by atoms with Gasteiger partial charge in [-0.3, -0.25) is 0 Å². The fraction of sp³-hybridized carbons (Fsp3) is 0.467. The van der Waals surface area contributed by atoms with Crippen LogP contribution in [0.3, 0.4) is 0 Å². The van der Waals surface area contributed by atoms with Crippen LogP contribution in [0.4, 0.5) is 0 Å². The smallest absolute Gasteiger partial charge is 0.213 e. The number of nitrogens with zero attached hydrogens (tertiary/aromatic N) is 3. The number of terminal acetylenes is 1. The molecule has 0 spiro atoms. The molecule has 1 unspecified atom stereocenters. The predicted molar refractivity (Wildman–Crippen MR) is 79.7 cm³/mol. The predicted octanol–water partition coefficient (Wildman–Crippen LogP) is 1.13. The Balaban J connectivity index is 1.92. The zero-order chi connectivity index (χ0) is 14.2. The van der Waals surface area contributed by atoms with Gasteiger partial charge in [-0.15, -0.1) is 6.42 Å². The zero-order valence-electron chi connectivity index (χ0n) is 11.7.